The molecule has 0 amide bonds. The van der Waals surface area contributed by atoms with Gasteiger partial charge in [0.05, 0.1) is 6.04 Å². The Balaban J connectivity index is 2.35. The van der Waals surface area contributed by atoms with Crippen molar-refractivity contribution >= 4 is 11.3 Å². The van der Waals surface area contributed by atoms with Crippen molar-refractivity contribution in [3.05, 3.63) is 51.5 Å². The number of hydrogen-bond donors (Lipinski definition) is 1. The second kappa shape index (κ2) is 6.83. The lowest BCUT2D eigenvalue weighted by molar-refractivity contribution is 0.600. The third-order valence-corrected chi connectivity index (χ3v) is 4.28. The third kappa shape index (κ3) is 3.43. The van der Waals surface area contributed by atoms with Crippen molar-refractivity contribution in [3.63, 3.8) is 0 Å². The number of rotatable bonds is 6. The second-order valence-corrected chi connectivity index (χ2v) is 5.79. The standard InChI is InChI=1S/C16H22N2S/c1-4-7-18-15(14-9-12(3)10-17-11-14)16-13(5-2)6-8-19-16/h6,8-11,15,18H,4-5,7H2,1-3H3. The summed E-state index contributed by atoms with van der Waals surface area (Å²) < 4.78 is 0. The van der Waals surface area contributed by atoms with Gasteiger partial charge in [-0.1, -0.05) is 19.9 Å². The Bertz CT molecular complexity index is 519. The van der Waals surface area contributed by atoms with Crippen LogP contribution in [0, 0.1) is 6.92 Å². The minimum atomic E-state index is 0.280. The lowest BCUT2D eigenvalue weighted by atomic mass is 10.0. The van der Waals surface area contributed by atoms with Gasteiger partial charge in [0.2, 0.25) is 0 Å². The molecule has 0 spiro atoms. The second-order valence-electron chi connectivity index (χ2n) is 4.85. The maximum atomic E-state index is 4.34. The summed E-state index contributed by atoms with van der Waals surface area (Å²) in [6, 6.07) is 4.76. The van der Waals surface area contributed by atoms with Crippen LogP contribution in [0.4, 0.5) is 0 Å². The number of nitrogens with one attached hydrogen (secondary N) is 1. The first-order chi connectivity index (χ1) is 9.26. The van der Waals surface area contributed by atoms with E-state index >= 15 is 0 Å². The first kappa shape index (κ1) is 14.2. The molecule has 0 aromatic carbocycles. The summed E-state index contributed by atoms with van der Waals surface area (Å²) in [6.45, 7) is 7.55. The van der Waals surface area contributed by atoms with E-state index in [9.17, 15) is 0 Å². The van der Waals surface area contributed by atoms with Crippen LogP contribution in [-0.2, 0) is 6.42 Å². The molecule has 2 nitrogen and oxygen atoms in total. The highest BCUT2D eigenvalue weighted by Gasteiger charge is 2.18. The van der Waals surface area contributed by atoms with Crippen LogP contribution in [0.3, 0.4) is 0 Å². The van der Waals surface area contributed by atoms with Gasteiger partial charge in [0.25, 0.3) is 0 Å². The van der Waals surface area contributed by atoms with E-state index < -0.39 is 0 Å². The zero-order valence-electron chi connectivity index (χ0n) is 11.9. The Kier molecular flexibility index (Phi) is 5.11. The SMILES string of the molecule is CCCNC(c1cncc(C)c1)c1sccc1CC. The Labute approximate surface area is 119 Å². The fraction of sp³-hybridized carbons (Fsp3) is 0.438. The van der Waals surface area contributed by atoms with Crippen LogP contribution in [0.15, 0.2) is 29.9 Å². The largest absolute Gasteiger partial charge is 0.306 e. The third-order valence-electron chi connectivity index (χ3n) is 3.25. The maximum absolute atomic E-state index is 4.34. The molecule has 1 unspecified atom stereocenters. The highest BCUT2D eigenvalue weighted by molar-refractivity contribution is 7.10. The fourth-order valence-electron chi connectivity index (χ4n) is 2.28. The van der Waals surface area contributed by atoms with Crippen molar-refractivity contribution in [1.82, 2.24) is 10.3 Å². The zero-order valence-corrected chi connectivity index (χ0v) is 12.8. The molecule has 3 heteroatoms. The number of aromatic nitrogens is 1. The van der Waals surface area contributed by atoms with Crippen molar-refractivity contribution in [2.75, 3.05) is 6.54 Å². The molecule has 0 aliphatic rings. The topological polar surface area (TPSA) is 24.9 Å². The van der Waals surface area contributed by atoms with E-state index in [1.807, 2.05) is 23.7 Å². The van der Waals surface area contributed by atoms with Gasteiger partial charge in [0.1, 0.15) is 0 Å². The molecule has 2 aromatic rings. The highest BCUT2D eigenvalue weighted by Crippen LogP contribution is 2.30. The average Bonchev–Trinajstić information content (AvgIpc) is 2.88. The van der Waals surface area contributed by atoms with E-state index in [1.54, 1.807) is 0 Å². The molecule has 0 aliphatic carbocycles. The van der Waals surface area contributed by atoms with Crippen LogP contribution in [0.2, 0.25) is 0 Å². The van der Waals surface area contributed by atoms with Crippen molar-refractivity contribution in [2.45, 2.75) is 39.7 Å². The van der Waals surface area contributed by atoms with Gasteiger partial charge in [0.15, 0.2) is 0 Å². The summed E-state index contributed by atoms with van der Waals surface area (Å²) in [5, 5.41) is 5.85. The molecule has 19 heavy (non-hydrogen) atoms. The predicted molar refractivity (Wildman–Crippen MR) is 82.8 cm³/mol. The van der Waals surface area contributed by atoms with E-state index in [4.69, 9.17) is 0 Å². The predicted octanol–water partition coefficient (Wildman–Crippen LogP) is 4.10. The van der Waals surface area contributed by atoms with Crippen LogP contribution < -0.4 is 5.32 Å². The number of pyridine rings is 1. The maximum Gasteiger partial charge on any atom is 0.0688 e. The number of thiophene rings is 1. The number of hydrogen-bond acceptors (Lipinski definition) is 3. The van der Waals surface area contributed by atoms with E-state index in [0.29, 0.717) is 0 Å². The lowest BCUT2D eigenvalue weighted by Gasteiger charge is -2.19. The van der Waals surface area contributed by atoms with E-state index in [-0.39, 0.29) is 6.04 Å². The minimum Gasteiger partial charge on any atom is -0.306 e. The highest BCUT2D eigenvalue weighted by atomic mass is 32.1. The summed E-state index contributed by atoms with van der Waals surface area (Å²) in [5.74, 6) is 0. The molecular formula is C16H22N2S. The van der Waals surface area contributed by atoms with Gasteiger partial charge >= 0.3 is 0 Å². The van der Waals surface area contributed by atoms with E-state index in [1.165, 1.54) is 21.6 Å². The van der Waals surface area contributed by atoms with E-state index in [0.717, 1.165) is 19.4 Å². The van der Waals surface area contributed by atoms with Gasteiger partial charge in [-0.15, -0.1) is 11.3 Å². The molecule has 1 N–H and O–H groups in total. The fourth-order valence-corrected chi connectivity index (χ4v) is 3.38. The van der Waals surface area contributed by atoms with Gasteiger partial charge < -0.3 is 5.32 Å². The zero-order chi connectivity index (χ0) is 13.7. The summed E-state index contributed by atoms with van der Waals surface area (Å²) in [6.07, 6.45) is 6.12. The van der Waals surface area contributed by atoms with Gasteiger partial charge in [-0.3, -0.25) is 4.98 Å². The summed E-state index contributed by atoms with van der Waals surface area (Å²) in [5.41, 5.74) is 3.93. The Morgan fingerprint density at radius 1 is 1.32 bits per heavy atom. The van der Waals surface area contributed by atoms with Crippen molar-refractivity contribution in [2.24, 2.45) is 0 Å². The Morgan fingerprint density at radius 2 is 2.16 bits per heavy atom. The van der Waals surface area contributed by atoms with Crippen molar-refractivity contribution < 1.29 is 0 Å². The molecule has 1 atom stereocenters. The Hall–Kier alpha value is -1.19. The summed E-state index contributed by atoms with van der Waals surface area (Å²) in [4.78, 5) is 5.78. The van der Waals surface area contributed by atoms with Crippen LogP contribution in [-0.4, -0.2) is 11.5 Å². The van der Waals surface area contributed by atoms with Crippen LogP contribution >= 0.6 is 11.3 Å². The van der Waals surface area contributed by atoms with Crippen molar-refractivity contribution in [3.8, 4) is 0 Å². The monoisotopic (exact) mass is 274 g/mol. The van der Waals surface area contributed by atoms with Crippen molar-refractivity contribution in [1.29, 1.82) is 0 Å². The normalized spacial score (nSPS) is 12.6. The van der Waals surface area contributed by atoms with Crippen LogP contribution in [0.5, 0.6) is 0 Å². The lowest BCUT2D eigenvalue weighted by Crippen LogP contribution is -2.23. The first-order valence-corrected chi connectivity index (χ1v) is 7.85. The molecule has 0 saturated heterocycles. The molecule has 0 fully saturated rings. The van der Waals surface area contributed by atoms with Crippen LogP contribution in [0.25, 0.3) is 0 Å². The van der Waals surface area contributed by atoms with Gasteiger partial charge in [-0.2, -0.15) is 0 Å². The first-order valence-electron chi connectivity index (χ1n) is 6.97. The minimum absolute atomic E-state index is 0.280. The summed E-state index contributed by atoms with van der Waals surface area (Å²) in [7, 11) is 0. The molecular weight excluding hydrogens is 252 g/mol. The molecule has 2 rings (SSSR count). The summed E-state index contributed by atoms with van der Waals surface area (Å²) >= 11 is 1.84. The molecule has 102 valence electrons. The molecule has 0 radical (unpaired) electrons. The van der Waals surface area contributed by atoms with E-state index in [2.05, 4.69) is 48.6 Å². The average molecular weight is 274 g/mol. The molecule has 2 heterocycles. The molecule has 0 aliphatic heterocycles. The molecule has 0 bridgehead atoms. The van der Waals surface area contributed by atoms with Gasteiger partial charge in [-0.05, 0) is 54.4 Å². The number of aryl methyl sites for hydroxylation is 2. The molecule has 2 aromatic heterocycles. The Morgan fingerprint density at radius 3 is 2.84 bits per heavy atom. The quantitative estimate of drug-likeness (QED) is 0.857. The smallest absolute Gasteiger partial charge is 0.0688 e. The number of nitrogens with zero attached hydrogens (tertiary/aromatic N) is 1. The van der Waals surface area contributed by atoms with Gasteiger partial charge in [0, 0.05) is 17.3 Å². The van der Waals surface area contributed by atoms with Crippen LogP contribution in [0.1, 0.15) is 47.9 Å². The molecule has 0 saturated carbocycles. The van der Waals surface area contributed by atoms with Gasteiger partial charge in [-0.25, -0.2) is 0 Å².